The first-order valence-electron chi connectivity index (χ1n) is 7.65. The summed E-state index contributed by atoms with van der Waals surface area (Å²) in [6, 6.07) is 6.66. The maximum atomic E-state index is 15.1. The van der Waals surface area contributed by atoms with Crippen LogP contribution in [-0.4, -0.2) is 6.71 Å². The highest BCUT2D eigenvalue weighted by atomic mass is 79.9. The van der Waals surface area contributed by atoms with Crippen LogP contribution in [0.15, 0.2) is 48.2 Å². The monoisotopic (exact) mass is 694 g/mol. The molecule has 0 atom stereocenters. The van der Waals surface area contributed by atoms with Crippen LogP contribution in [0.25, 0.3) is 0 Å². The smallest absolute Gasteiger partial charge is 0.206 e. The lowest BCUT2D eigenvalue weighted by atomic mass is 9.36. The molecule has 0 spiro atoms. The van der Waals surface area contributed by atoms with E-state index in [-0.39, 0.29) is 33.4 Å². The zero-order valence-electron chi connectivity index (χ0n) is 13.7. The maximum Gasteiger partial charge on any atom is 0.260 e. The van der Waals surface area contributed by atoms with E-state index >= 15 is 17.6 Å². The normalized spacial score (nSPS) is 11.1. The minimum Gasteiger partial charge on any atom is -0.206 e. The topological polar surface area (TPSA) is 0 Å². The van der Waals surface area contributed by atoms with Gasteiger partial charge in [-0.1, -0.05) is 29.3 Å². The Morgan fingerprint density at radius 2 is 0.897 bits per heavy atom. The van der Waals surface area contributed by atoms with Gasteiger partial charge in [0, 0.05) is 21.0 Å². The van der Waals surface area contributed by atoms with Crippen LogP contribution in [0.4, 0.5) is 17.6 Å². The molecule has 0 saturated heterocycles. The second kappa shape index (κ2) is 9.21. The van der Waals surface area contributed by atoms with Crippen molar-refractivity contribution in [1.29, 1.82) is 0 Å². The average molecular weight is 699 g/mol. The predicted octanol–water partition coefficient (Wildman–Crippen LogP) is 7.12. The molecule has 3 aromatic rings. The highest BCUT2D eigenvalue weighted by Crippen LogP contribution is 2.28. The summed E-state index contributed by atoms with van der Waals surface area (Å²) in [5.74, 6) is -4.16. The van der Waals surface area contributed by atoms with Crippen molar-refractivity contribution in [2.45, 2.75) is 0 Å². The third-order valence-corrected chi connectivity index (χ3v) is 7.12. The van der Waals surface area contributed by atoms with Crippen LogP contribution < -0.4 is 16.4 Å². The highest BCUT2D eigenvalue weighted by Gasteiger charge is 2.38. The fourth-order valence-corrected chi connectivity index (χ4v) is 5.91. The second-order valence-electron chi connectivity index (χ2n) is 5.83. The van der Waals surface area contributed by atoms with Crippen molar-refractivity contribution in [1.82, 2.24) is 0 Å². The Labute approximate surface area is 207 Å². The molecule has 0 bridgehead atoms. The van der Waals surface area contributed by atoms with Gasteiger partial charge in [-0.2, -0.15) is 0 Å². The van der Waals surface area contributed by atoms with Gasteiger partial charge in [-0.05, 0) is 93.4 Å². The Balaban J connectivity index is 2.55. The summed E-state index contributed by atoms with van der Waals surface area (Å²) in [6.45, 7) is -1.63. The standard InChI is InChI=1S/C18H5BBr4Cl2F4/c20-6-4-7(21)16(27)13(15(6)26)19(12-10(24)2-1-3-11(12)25)14-17(28)8(22)5-9(23)18(14)29/h1-5H. The van der Waals surface area contributed by atoms with E-state index in [1.54, 1.807) is 0 Å². The van der Waals surface area contributed by atoms with Crippen molar-refractivity contribution in [2.75, 3.05) is 0 Å². The van der Waals surface area contributed by atoms with E-state index in [0.29, 0.717) is 0 Å². The Kier molecular flexibility index (Phi) is 7.49. The largest absolute Gasteiger partial charge is 0.260 e. The van der Waals surface area contributed by atoms with Gasteiger partial charge in [0.25, 0.3) is 6.71 Å². The number of benzene rings is 3. The summed E-state index contributed by atoms with van der Waals surface area (Å²) >= 11 is 24.6. The van der Waals surface area contributed by atoms with Crippen LogP contribution in [0.1, 0.15) is 0 Å². The Bertz CT molecular complexity index is 1010. The third-order valence-electron chi connectivity index (χ3n) is 4.16. The molecule has 0 fully saturated rings. The fraction of sp³-hybridized carbons (Fsp3) is 0. The molecule has 0 heterocycles. The summed E-state index contributed by atoms with van der Waals surface area (Å²) in [5, 5.41) is -0.0143. The SMILES string of the molecule is Fc1c(Br)cc(Br)c(F)c1B(c1c(Cl)cccc1Cl)c1c(F)c(Br)cc(Br)c1F. The van der Waals surface area contributed by atoms with E-state index in [9.17, 15) is 0 Å². The number of hydrogen-bond acceptors (Lipinski definition) is 0. The van der Waals surface area contributed by atoms with E-state index in [2.05, 4.69) is 63.7 Å². The van der Waals surface area contributed by atoms with Gasteiger partial charge in [-0.15, -0.1) is 0 Å². The van der Waals surface area contributed by atoms with Crippen molar-refractivity contribution < 1.29 is 17.6 Å². The molecule has 3 aromatic carbocycles. The minimum absolute atomic E-state index is 0.00713. The first-order chi connectivity index (χ1) is 13.6. The summed E-state index contributed by atoms with van der Waals surface area (Å²) in [5.41, 5.74) is -1.28. The molecule has 0 aliphatic heterocycles. The van der Waals surface area contributed by atoms with Gasteiger partial charge in [-0.25, -0.2) is 17.6 Å². The second-order valence-corrected chi connectivity index (χ2v) is 10.1. The van der Waals surface area contributed by atoms with Gasteiger partial charge in [0.2, 0.25) is 0 Å². The Morgan fingerprint density at radius 1 is 0.586 bits per heavy atom. The van der Waals surface area contributed by atoms with Crippen LogP contribution in [0.3, 0.4) is 0 Å². The minimum atomic E-state index is -1.63. The van der Waals surface area contributed by atoms with Crippen LogP contribution in [0.5, 0.6) is 0 Å². The van der Waals surface area contributed by atoms with E-state index in [1.807, 2.05) is 0 Å². The third kappa shape index (κ3) is 4.33. The van der Waals surface area contributed by atoms with E-state index in [4.69, 9.17) is 23.2 Å². The molecule has 0 aliphatic carbocycles. The van der Waals surface area contributed by atoms with Crippen LogP contribution >= 0.6 is 86.9 Å². The zero-order chi connectivity index (χ0) is 21.6. The lowest BCUT2D eigenvalue weighted by Crippen LogP contribution is -2.58. The van der Waals surface area contributed by atoms with Gasteiger partial charge in [0.1, 0.15) is 23.3 Å². The van der Waals surface area contributed by atoms with Gasteiger partial charge in [0.15, 0.2) is 0 Å². The molecule has 0 nitrogen and oxygen atoms in total. The first kappa shape index (κ1) is 23.6. The molecular weight excluding hydrogens is 694 g/mol. The fourth-order valence-electron chi connectivity index (χ4n) is 2.91. The molecule has 0 amide bonds. The first-order valence-corrected chi connectivity index (χ1v) is 11.6. The van der Waals surface area contributed by atoms with Crippen molar-refractivity contribution in [2.24, 2.45) is 0 Å². The van der Waals surface area contributed by atoms with Gasteiger partial charge >= 0.3 is 0 Å². The molecule has 3 rings (SSSR count). The molecule has 0 saturated carbocycles. The highest BCUT2D eigenvalue weighted by molar-refractivity contribution is 9.11. The molecule has 0 unspecified atom stereocenters. The predicted molar refractivity (Wildman–Crippen MR) is 125 cm³/mol. The molecular formula is C18H5BBr4Cl2F4. The van der Waals surface area contributed by atoms with E-state index in [0.717, 1.165) is 12.1 Å². The van der Waals surface area contributed by atoms with Gasteiger partial charge in [-0.3, -0.25) is 0 Å². The van der Waals surface area contributed by atoms with Gasteiger partial charge in [0.05, 0.1) is 17.9 Å². The Hall–Kier alpha value is -0.0551. The van der Waals surface area contributed by atoms with Crippen molar-refractivity contribution >= 4 is 110 Å². The van der Waals surface area contributed by atoms with Crippen LogP contribution in [0.2, 0.25) is 10.0 Å². The van der Waals surface area contributed by atoms with Gasteiger partial charge < -0.3 is 0 Å². The molecule has 0 radical (unpaired) electrons. The average Bonchev–Trinajstić information content (AvgIpc) is 2.64. The Morgan fingerprint density at radius 3 is 1.21 bits per heavy atom. The quantitative estimate of drug-likeness (QED) is 0.156. The summed E-state index contributed by atoms with van der Waals surface area (Å²) in [6.07, 6.45) is 0. The number of hydrogen-bond donors (Lipinski definition) is 0. The molecule has 29 heavy (non-hydrogen) atoms. The number of rotatable bonds is 3. The van der Waals surface area contributed by atoms with Crippen LogP contribution in [0, 0.1) is 23.3 Å². The van der Waals surface area contributed by atoms with Crippen molar-refractivity contribution in [3.63, 3.8) is 0 Å². The summed E-state index contributed by atoms with van der Waals surface area (Å²) in [4.78, 5) is 0. The molecule has 150 valence electrons. The molecule has 0 aliphatic rings. The lowest BCUT2D eigenvalue weighted by Gasteiger charge is -2.22. The zero-order valence-corrected chi connectivity index (χ0v) is 21.6. The number of halogens is 10. The lowest BCUT2D eigenvalue weighted by molar-refractivity contribution is 0.584. The van der Waals surface area contributed by atoms with E-state index < -0.39 is 40.9 Å². The van der Waals surface area contributed by atoms with E-state index in [1.165, 1.54) is 18.2 Å². The van der Waals surface area contributed by atoms with Crippen molar-refractivity contribution in [3.05, 3.63) is 81.5 Å². The summed E-state index contributed by atoms with van der Waals surface area (Å²) < 4.78 is 60.1. The van der Waals surface area contributed by atoms with Crippen molar-refractivity contribution in [3.8, 4) is 0 Å². The molecule has 11 heteroatoms. The van der Waals surface area contributed by atoms with Crippen LogP contribution in [-0.2, 0) is 0 Å². The molecule has 0 N–H and O–H groups in total. The summed E-state index contributed by atoms with van der Waals surface area (Å²) in [7, 11) is 0. The molecule has 0 aromatic heterocycles. The maximum absolute atomic E-state index is 15.1.